The Labute approximate surface area is 108 Å². The number of halogens is 3. The summed E-state index contributed by atoms with van der Waals surface area (Å²) in [6.45, 7) is 1.85. The third-order valence-corrected chi connectivity index (χ3v) is 3.67. The molecule has 1 aromatic carbocycles. The third-order valence-electron chi connectivity index (χ3n) is 3.67. The topological polar surface area (TPSA) is 25.2 Å². The van der Waals surface area contributed by atoms with Crippen molar-refractivity contribution < 1.29 is 17.6 Å². The van der Waals surface area contributed by atoms with Crippen molar-refractivity contribution in [3.8, 4) is 0 Å². The lowest BCUT2D eigenvalue weighted by atomic mass is 9.93. The second-order valence-electron chi connectivity index (χ2n) is 4.92. The highest BCUT2D eigenvalue weighted by Crippen LogP contribution is 2.36. The molecule has 1 N–H and O–H groups in total. The first kappa shape index (κ1) is 12.5. The first-order valence-corrected chi connectivity index (χ1v) is 6.35. The van der Waals surface area contributed by atoms with Crippen molar-refractivity contribution in [2.24, 2.45) is 0 Å². The minimum atomic E-state index is -4.31. The van der Waals surface area contributed by atoms with Gasteiger partial charge in [0.15, 0.2) is 0 Å². The van der Waals surface area contributed by atoms with Crippen molar-refractivity contribution in [3.63, 3.8) is 0 Å². The summed E-state index contributed by atoms with van der Waals surface area (Å²) >= 11 is 0. The van der Waals surface area contributed by atoms with E-state index in [1.807, 2.05) is 0 Å². The molecule has 0 spiro atoms. The number of benzene rings is 1. The number of hydrogen-bond donors (Lipinski definition) is 1. The summed E-state index contributed by atoms with van der Waals surface area (Å²) in [6, 6.07) is 3.81. The molecule has 1 saturated heterocycles. The van der Waals surface area contributed by atoms with E-state index in [0.29, 0.717) is 11.3 Å². The molecule has 0 aliphatic carbocycles. The van der Waals surface area contributed by atoms with Gasteiger partial charge in [-0.1, -0.05) is 6.07 Å². The average Bonchev–Trinajstić information content (AvgIpc) is 2.81. The van der Waals surface area contributed by atoms with E-state index in [9.17, 15) is 13.2 Å². The second-order valence-corrected chi connectivity index (χ2v) is 4.92. The lowest BCUT2D eigenvalue weighted by Crippen LogP contribution is -2.26. The zero-order valence-electron chi connectivity index (χ0n) is 10.3. The number of rotatable bonds is 1. The van der Waals surface area contributed by atoms with Gasteiger partial charge in [0.25, 0.3) is 0 Å². The van der Waals surface area contributed by atoms with E-state index in [1.54, 1.807) is 0 Å². The monoisotopic (exact) mass is 269 g/mol. The smallest absolute Gasteiger partial charge is 0.416 e. The fourth-order valence-corrected chi connectivity index (χ4v) is 2.65. The van der Waals surface area contributed by atoms with Gasteiger partial charge in [0.05, 0.1) is 11.8 Å². The van der Waals surface area contributed by atoms with E-state index in [2.05, 4.69) is 5.32 Å². The zero-order valence-corrected chi connectivity index (χ0v) is 10.3. The third kappa shape index (κ3) is 2.34. The van der Waals surface area contributed by atoms with Crippen LogP contribution < -0.4 is 5.32 Å². The van der Waals surface area contributed by atoms with Crippen LogP contribution in [0.3, 0.4) is 0 Å². The number of alkyl halides is 3. The zero-order chi connectivity index (χ0) is 13.5. The van der Waals surface area contributed by atoms with Crippen LogP contribution in [0.1, 0.15) is 30.1 Å². The Balaban J connectivity index is 2.00. The number of furan rings is 1. The predicted octanol–water partition coefficient (Wildman–Crippen LogP) is 3.92. The highest BCUT2D eigenvalue weighted by molar-refractivity contribution is 5.85. The van der Waals surface area contributed by atoms with E-state index in [1.165, 1.54) is 12.3 Å². The summed E-state index contributed by atoms with van der Waals surface area (Å²) < 4.78 is 43.4. The Morgan fingerprint density at radius 3 is 2.58 bits per heavy atom. The van der Waals surface area contributed by atoms with E-state index in [-0.39, 0.29) is 0 Å². The van der Waals surface area contributed by atoms with Gasteiger partial charge in [-0.05, 0) is 38.1 Å². The maximum absolute atomic E-state index is 12.6. The highest BCUT2D eigenvalue weighted by atomic mass is 19.4. The van der Waals surface area contributed by atoms with Gasteiger partial charge in [0.1, 0.15) is 5.76 Å². The second kappa shape index (κ2) is 4.56. The Morgan fingerprint density at radius 1 is 1.16 bits per heavy atom. The summed E-state index contributed by atoms with van der Waals surface area (Å²) in [6.07, 6.45) is -0.949. The number of nitrogens with one attached hydrogen (secondary N) is 1. The minimum Gasteiger partial charge on any atom is -0.468 e. The Bertz CT molecular complexity index is 582. The normalized spacial score (nSPS) is 18.1. The van der Waals surface area contributed by atoms with Crippen LogP contribution in [0.4, 0.5) is 13.2 Å². The molecular weight excluding hydrogens is 255 g/mol. The van der Waals surface area contributed by atoms with Crippen LogP contribution >= 0.6 is 0 Å². The fourth-order valence-electron chi connectivity index (χ4n) is 2.65. The van der Waals surface area contributed by atoms with Crippen molar-refractivity contribution in [2.75, 3.05) is 13.1 Å². The summed E-state index contributed by atoms with van der Waals surface area (Å²) in [5.41, 5.74) is -0.627. The maximum Gasteiger partial charge on any atom is 0.416 e. The Morgan fingerprint density at radius 2 is 1.89 bits per heavy atom. The molecule has 5 heteroatoms. The van der Waals surface area contributed by atoms with Crippen LogP contribution in [0.25, 0.3) is 10.8 Å². The lowest BCUT2D eigenvalue weighted by molar-refractivity contribution is -0.137. The first-order valence-electron chi connectivity index (χ1n) is 6.35. The van der Waals surface area contributed by atoms with Crippen LogP contribution in [0.5, 0.6) is 0 Å². The van der Waals surface area contributed by atoms with E-state index in [4.69, 9.17) is 4.42 Å². The maximum atomic E-state index is 12.6. The summed E-state index contributed by atoms with van der Waals surface area (Å²) in [7, 11) is 0. The molecule has 19 heavy (non-hydrogen) atoms. The molecule has 2 aromatic rings. The molecule has 1 aliphatic rings. The van der Waals surface area contributed by atoms with Gasteiger partial charge >= 0.3 is 6.18 Å². The quantitative estimate of drug-likeness (QED) is 0.848. The molecule has 0 atom stereocenters. The first-order chi connectivity index (χ1) is 9.05. The van der Waals surface area contributed by atoms with Gasteiger partial charge < -0.3 is 9.73 Å². The molecule has 1 fully saturated rings. The van der Waals surface area contributed by atoms with Crippen LogP contribution in [0.2, 0.25) is 0 Å². The van der Waals surface area contributed by atoms with Gasteiger partial charge in [0, 0.05) is 16.7 Å². The number of piperidine rings is 1. The van der Waals surface area contributed by atoms with Crippen molar-refractivity contribution in [1.29, 1.82) is 0 Å². The highest BCUT2D eigenvalue weighted by Gasteiger charge is 2.31. The predicted molar refractivity (Wildman–Crippen MR) is 66.1 cm³/mol. The molecule has 2 heterocycles. The van der Waals surface area contributed by atoms with Gasteiger partial charge in [0.2, 0.25) is 0 Å². The largest absolute Gasteiger partial charge is 0.468 e. The molecule has 0 bridgehead atoms. The van der Waals surface area contributed by atoms with Crippen molar-refractivity contribution in [1.82, 2.24) is 5.32 Å². The molecule has 3 rings (SSSR count). The molecule has 0 saturated carbocycles. The van der Waals surface area contributed by atoms with Crippen molar-refractivity contribution in [2.45, 2.75) is 24.9 Å². The number of fused-ring (bicyclic) bond motifs is 1. The van der Waals surface area contributed by atoms with Crippen molar-refractivity contribution in [3.05, 3.63) is 35.8 Å². The summed E-state index contributed by atoms with van der Waals surface area (Å²) in [5.74, 6) is 1.13. The molecule has 1 aliphatic heterocycles. The van der Waals surface area contributed by atoms with Crippen LogP contribution in [-0.2, 0) is 6.18 Å². The van der Waals surface area contributed by atoms with Gasteiger partial charge in [-0.2, -0.15) is 13.2 Å². The van der Waals surface area contributed by atoms with E-state index in [0.717, 1.165) is 49.2 Å². The van der Waals surface area contributed by atoms with Crippen LogP contribution in [0.15, 0.2) is 28.9 Å². The van der Waals surface area contributed by atoms with Crippen molar-refractivity contribution >= 4 is 10.8 Å². The van der Waals surface area contributed by atoms with Gasteiger partial charge in [-0.15, -0.1) is 0 Å². The molecule has 0 unspecified atom stereocenters. The standard InChI is InChI=1S/C14H14F3NO/c15-14(16,17)11-1-2-12-10(7-11)8-19-13(12)9-3-5-18-6-4-9/h1-2,7-9,18H,3-6H2. The summed E-state index contributed by atoms with van der Waals surface area (Å²) in [5, 5.41) is 4.60. The minimum absolute atomic E-state index is 0.301. The van der Waals surface area contributed by atoms with E-state index < -0.39 is 11.7 Å². The average molecular weight is 269 g/mol. The Kier molecular flexibility index (Phi) is 3.01. The fraction of sp³-hybridized carbons (Fsp3) is 0.429. The van der Waals surface area contributed by atoms with Gasteiger partial charge in [-0.3, -0.25) is 0 Å². The Hall–Kier alpha value is -1.49. The summed E-state index contributed by atoms with van der Waals surface area (Å²) in [4.78, 5) is 0. The molecule has 0 radical (unpaired) electrons. The molecule has 1 aromatic heterocycles. The molecular formula is C14H14F3NO. The van der Waals surface area contributed by atoms with Crippen LogP contribution in [0, 0.1) is 0 Å². The van der Waals surface area contributed by atoms with E-state index >= 15 is 0 Å². The molecule has 0 amide bonds. The van der Waals surface area contributed by atoms with Gasteiger partial charge in [-0.25, -0.2) is 0 Å². The SMILES string of the molecule is FC(F)(F)c1ccc2c(C3CCNCC3)occ2c1. The number of hydrogen-bond acceptors (Lipinski definition) is 2. The molecule has 2 nitrogen and oxygen atoms in total. The molecule has 102 valence electrons. The van der Waals surface area contributed by atoms with Crippen LogP contribution in [-0.4, -0.2) is 13.1 Å². The lowest BCUT2D eigenvalue weighted by Gasteiger charge is -2.21.